The van der Waals surface area contributed by atoms with Crippen LogP contribution in [0.4, 0.5) is 0 Å². The first-order valence-corrected chi connectivity index (χ1v) is 8.06. The lowest BCUT2D eigenvalue weighted by atomic mass is 10.1. The van der Waals surface area contributed by atoms with Crippen LogP contribution in [0.1, 0.15) is 45.8 Å². The van der Waals surface area contributed by atoms with Crippen LogP contribution >= 0.6 is 11.3 Å². The Morgan fingerprint density at radius 1 is 1.45 bits per heavy atom. The van der Waals surface area contributed by atoms with Gasteiger partial charge in [0.25, 0.3) is 5.91 Å². The Kier molecular flexibility index (Phi) is 5.13. The van der Waals surface area contributed by atoms with Gasteiger partial charge in [-0.25, -0.2) is 9.97 Å². The van der Waals surface area contributed by atoms with E-state index in [2.05, 4.69) is 9.97 Å². The van der Waals surface area contributed by atoms with Crippen LogP contribution in [-0.4, -0.2) is 34.4 Å². The van der Waals surface area contributed by atoms with Gasteiger partial charge in [0.05, 0.1) is 23.4 Å². The van der Waals surface area contributed by atoms with Crippen molar-refractivity contribution in [1.82, 2.24) is 14.9 Å². The van der Waals surface area contributed by atoms with Crippen LogP contribution in [0.25, 0.3) is 0 Å². The highest BCUT2D eigenvalue weighted by Crippen LogP contribution is 2.28. The average molecular weight is 319 g/mol. The van der Waals surface area contributed by atoms with E-state index in [4.69, 9.17) is 4.74 Å². The van der Waals surface area contributed by atoms with E-state index in [0.29, 0.717) is 18.1 Å². The highest BCUT2D eigenvalue weighted by Gasteiger charge is 2.25. The van der Waals surface area contributed by atoms with Gasteiger partial charge in [-0.15, -0.1) is 11.3 Å². The number of carbonyl (C=O) groups excluding carboxylic acids is 1. The minimum absolute atomic E-state index is 0.105. The van der Waals surface area contributed by atoms with Crippen LogP contribution in [0, 0.1) is 13.8 Å². The number of nitrogens with zero attached hydrogens (tertiary/aromatic N) is 3. The molecule has 118 valence electrons. The van der Waals surface area contributed by atoms with E-state index < -0.39 is 0 Å². The maximum atomic E-state index is 12.8. The standard InChI is InChI=1S/C16H21N3O2S/c1-6-21-15-13(8-7-9-17-15)16(20)19(5)10(2)14-11(3)22-12(4)18-14/h7-10H,6H2,1-5H3/t10-/m1/s1. The van der Waals surface area contributed by atoms with Crippen LogP contribution in [0.15, 0.2) is 18.3 Å². The summed E-state index contributed by atoms with van der Waals surface area (Å²) in [7, 11) is 1.78. The molecule has 0 saturated heterocycles. The normalized spacial score (nSPS) is 12.0. The summed E-state index contributed by atoms with van der Waals surface area (Å²) in [5.41, 5.74) is 1.42. The summed E-state index contributed by atoms with van der Waals surface area (Å²) < 4.78 is 5.45. The summed E-state index contributed by atoms with van der Waals surface area (Å²) >= 11 is 1.65. The largest absolute Gasteiger partial charge is 0.477 e. The molecule has 0 radical (unpaired) electrons. The summed E-state index contributed by atoms with van der Waals surface area (Å²) in [5, 5.41) is 1.01. The molecule has 2 heterocycles. The van der Waals surface area contributed by atoms with Crippen molar-refractivity contribution in [3.05, 3.63) is 39.5 Å². The third-order valence-corrected chi connectivity index (χ3v) is 4.42. The molecule has 2 aromatic rings. The second kappa shape index (κ2) is 6.87. The van der Waals surface area contributed by atoms with Crippen LogP contribution in [0.5, 0.6) is 5.88 Å². The number of thiazole rings is 1. The van der Waals surface area contributed by atoms with Crippen molar-refractivity contribution in [2.75, 3.05) is 13.7 Å². The van der Waals surface area contributed by atoms with Gasteiger partial charge in [-0.2, -0.15) is 0 Å². The van der Waals surface area contributed by atoms with Crippen LogP contribution < -0.4 is 4.74 Å². The minimum Gasteiger partial charge on any atom is -0.477 e. The van der Waals surface area contributed by atoms with E-state index in [-0.39, 0.29) is 11.9 Å². The zero-order chi connectivity index (χ0) is 16.3. The van der Waals surface area contributed by atoms with E-state index in [1.165, 1.54) is 0 Å². The number of carbonyl (C=O) groups is 1. The van der Waals surface area contributed by atoms with E-state index in [1.54, 1.807) is 41.6 Å². The van der Waals surface area contributed by atoms with Crippen molar-refractivity contribution < 1.29 is 9.53 Å². The molecule has 0 unspecified atom stereocenters. The van der Waals surface area contributed by atoms with E-state index in [9.17, 15) is 4.79 Å². The van der Waals surface area contributed by atoms with E-state index >= 15 is 0 Å². The maximum Gasteiger partial charge on any atom is 0.259 e. The molecule has 1 atom stereocenters. The summed E-state index contributed by atoms with van der Waals surface area (Å²) in [5.74, 6) is 0.259. The fourth-order valence-electron chi connectivity index (χ4n) is 2.29. The Morgan fingerprint density at radius 3 is 2.77 bits per heavy atom. The van der Waals surface area contributed by atoms with Crippen molar-refractivity contribution in [3.8, 4) is 5.88 Å². The molecular weight excluding hydrogens is 298 g/mol. The molecule has 0 aliphatic carbocycles. The first kappa shape index (κ1) is 16.4. The smallest absolute Gasteiger partial charge is 0.259 e. The molecule has 5 nitrogen and oxygen atoms in total. The molecule has 2 rings (SSSR count). The predicted octanol–water partition coefficient (Wildman–Crippen LogP) is 3.39. The lowest BCUT2D eigenvalue weighted by Gasteiger charge is -2.25. The summed E-state index contributed by atoms with van der Waals surface area (Å²) in [6, 6.07) is 3.38. The predicted molar refractivity (Wildman–Crippen MR) is 87.5 cm³/mol. The van der Waals surface area contributed by atoms with Gasteiger partial charge in [0.15, 0.2) is 0 Å². The highest BCUT2D eigenvalue weighted by atomic mass is 32.1. The first-order chi connectivity index (χ1) is 10.5. The quantitative estimate of drug-likeness (QED) is 0.847. The van der Waals surface area contributed by atoms with Crippen molar-refractivity contribution in [2.45, 2.75) is 33.7 Å². The van der Waals surface area contributed by atoms with Crippen LogP contribution in [-0.2, 0) is 0 Å². The second-order valence-corrected chi connectivity index (χ2v) is 6.46. The van der Waals surface area contributed by atoms with Gasteiger partial charge in [-0.1, -0.05) is 0 Å². The average Bonchev–Trinajstić information content (AvgIpc) is 2.84. The maximum absolute atomic E-state index is 12.8. The molecule has 0 N–H and O–H groups in total. The summed E-state index contributed by atoms with van der Waals surface area (Å²) in [6.45, 7) is 8.34. The third kappa shape index (κ3) is 3.27. The third-order valence-electron chi connectivity index (χ3n) is 3.52. The molecule has 0 aliphatic rings. The highest BCUT2D eigenvalue weighted by molar-refractivity contribution is 7.11. The zero-order valence-electron chi connectivity index (χ0n) is 13.6. The van der Waals surface area contributed by atoms with E-state index in [1.807, 2.05) is 27.7 Å². The van der Waals surface area contributed by atoms with Crippen molar-refractivity contribution >= 4 is 17.2 Å². The van der Waals surface area contributed by atoms with Gasteiger partial charge < -0.3 is 9.64 Å². The minimum atomic E-state index is -0.117. The molecule has 0 fully saturated rings. The van der Waals surface area contributed by atoms with Crippen molar-refractivity contribution in [1.29, 1.82) is 0 Å². The van der Waals surface area contributed by atoms with Gasteiger partial charge in [0, 0.05) is 18.1 Å². The lowest BCUT2D eigenvalue weighted by Crippen LogP contribution is -2.30. The fourth-order valence-corrected chi connectivity index (χ4v) is 3.20. The fraction of sp³-hybridized carbons (Fsp3) is 0.438. The number of aromatic nitrogens is 2. The summed E-state index contributed by atoms with van der Waals surface area (Å²) in [6.07, 6.45) is 1.62. The van der Waals surface area contributed by atoms with Gasteiger partial charge in [0.2, 0.25) is 5.88 Å². The Morgan fingerprint density at radius 2 is 2.18 bits per heavy atom. The molecule has 6 heteroatoms. The van der Waals surface area contributed by atoms with E-state index in [0.717, 1.165) is 15.6 Å². The monoisotopic (exact) mass is 319 g/mol. The van der Waals surface area contributed by atoms with Gasteiger partial charge in [-0.05, 0) is 39.8 Å². The van der Waals surface area contributed by atoms with Crippen LogP contribution in [0.3, 0.4) is 0 Å². The van der Waals surface area contributed by atoms with Crippen molar-refractivity contribution in [2.24, 2.45) is 0 Å². The van der Waals surface area contributed by atoms with Crippen LogP contribution in [0.2, 0.25) is 0 Å². The van der Waals surface area contributed by atoms with Gasteiger partial charge in [-0.3, -0.25) is 4.79 Å². The number of pyridine rings is 1. The Bertz CT molecular complexity index is 669. The molecule has 22 heavy (non-hydrogen) atoms. The number of aryl methyl sites for hydroxylation is 2. The molecule has 0 aliphatic heterocycles. The summed E-state index contributed by atoms with van der Waals surface area (Å²) in [4.78, 5) is 24.3. The number of rotatable bonds is 5. The zero-order valence-corrected chi connectivity index (χ0v) is 14.4. The van der Waals surface area contributed by atoms with Crippen molar-refractivity contribution in [3.63, 3.8) is 0 Å². The molecular formula is C16H21N3O2S. The molecule has 1 amide bonds. The number of ether oxygens (including phenoxy) is 1. The Labute approximate surface area is 135 Å². The molecule has 0 aromatic carbocycles. The molecule has 0 spiro atoms. The first-order valence-electron chi connectivity index (χ1n) is 7.24. The molecule has 0 saturated carbocycles. The topological polar surface area (TPSA) is 55.3 Å². The number of hydrogen-bond acceptors (Lipinski definition) is 5. The lowest BCUT2D eigenvalue weighted by molar-refractivity contribution is 0.0734. The van der Waals surface area contributed by atoms with Gasteiger partial charge in [0.1, 0.15) is 5.56 Å². The second-order valence-electron chi connectivity index (χ2n) is 5.06. The molecule has 0 bridgehead atoms. The van der Waals surface area contributed by atoms with Gasteiger partial charge >= 0.3 is 0 Å². The number of amides is 1. The SMILES string of the molecule is CCOc1ncccc1C(=O)N(C)[C@H](C)c1nc(C)sc1C. The Balaban J connectivity index is 2.27. The molecule has 2 aromatic heterocycles. The Hall–Kier alpha value is -1.95. The number of hydrogen-bond donors (Lipinski definition) is 0.